The minimum atomic E-state index is -0.0466. The van der Waals surface area contributed by atoms with Crippen LogP contribution in [-0.2, 0) is 0 Å². The Labute approximate surface area is 115 Å². The fourth-order valence-corrected chi connectivity index (χ4v) is 2.36. The molecule has 4 heteroatoms. The van der Waals surface area contributed by atoms with Gasteiger partial charge in [0.05, 0.1) is 17.3 Å². The van der Waals surface area contributed by atoms with Crippen molar-refractivity contribution < 1.29 is 4.74 Å². The molecule has 2 nitrogen and oxygen atoms in total. The van der Waals surface area contributed by atoms with E-state index in [9.17, 15) is 0 Å². The zero-order valence-corrected chi connectivity index (χ0v) is 11.0. The summed E-state index contributed by atoms with van der Waals surface area (Å²) in [5, 5.41) is 4.67. The van der Waals surface area contributed by atoms with Crippen molar-refractivity contribution in [3.05, 3.63) is 58.1 Å². The number of para-hydroxylation sites is 1. The molecule has 1 heterocycles. The van der Waals surface area contributed by atoms with Gasteiger partial charge >= 0.3 is 0 Å². The first-order valence-electron chi connectivity index (χ1n) is 5.68. The Morgan fingerprint density at radius 3 is 2.61 bits per heavy atom. The molecule has 1 N–H and O–H groups in total. The molecule has 3 rings (SSSR count). The van der Waals surface area contributed by atoms with Gasteiger partial charge in [-0.05, 0) is 29.8 Å². The first kappa shape index (κ1) is 11.7. The summed E-state index contributed by atoms with van der Waals surface area (Å²) in [5.74, 6) is 0.713. The summed E-state index contributed by atoms with van der Waals surface area (Å²) >= 11 is 12.0. The van der Waals surface area contributed by atoms with E-state index >= 15 is 0 Å². The number of halogens is 2. The van der Waals surface area contributed by atoms with Gasteiger partial charge in [-0.15, -0.1) is 0 Å². The second-order valence-electron chi connectivity index (χ2n) is 4.16. The first-order valence-corrected chi connectivity index (χ1v) is 6.44. The van der Waals surface area contributed by atoms with E-state index < -0.39 is 0 Å². The van der Waals surface area contributed by atoms with Gasteiger partial charge in [0.15, 0.2) is 5.75 Å². The van der Waals surface area contributed by atoms with Crippen LogP contribution in [0.4, 0.5) is 5.69 Å². The highest BCUT2D eigenvalue weighted by molar-refractivity contribution is 6.32. The lowest BCUT2D eigenvalue weighted by Crippen LogP contribution is -2.23. The second kappa shape index (κ2) is 4.71. The van der Waals surface area contributed by atoms with Crippen LogP contribution in [0, 0.1) is 0 Å². The predicted molar refractivity (Wildman–Crippen MR) is 74.8 cm³/mol. The first-order chi connectivity index (χ1) is 8.74. The topological polar surface area (TPSA) is 21.3 Å². The maximum absolute atomic E-state index is 6.13. The lowest BCUT2D eigenvalue weighted by Gasteiger charge is -2.28. The van der Waals surface area contributed by atoms with Gasteiger partial charge in [0.1, 0.15) is 6.10 Å². The van der Waals surface area contributed by atoms with Crippen LogP contribution < -0.4 is 10.1 Å². The molecule has 18 heavy (non-hydrogen) atoms. The van der Waals surface area contributed by atoms with E-state index in [0.29, 0.717) is 10.8 Å². The lowest BCUT2D eigenvalue weighted by atomic mass is 10.1. The zero-order chi connectivity index (χ0) is 12.5. The normalized spacial score (nSPS) is 17.6. The highest BCUT2D eigenvalue weighted by Crippen LogP contribution is 2.39. The number of benzene rings is 2. The highest BCUT2D eigenvalue weighted by atomic mass is 35.5. The van der Waals surface area contributed by atoms with Crippen molar-refractivity contribution in [1.82, 2.24) is 0 Å². The molecule has 1 atom stereocenters. The summed E-state index contributed by atoms with van der Waals surface area (Å²) in [6, 6.07) is 13.4. The van der Waals surface area contributed by atoms with Crippen LogP contribution in [0.1, 0.15) is 11.7 Å². The molecule has 1 unspecified atom stereocenters. The largest absolute Gasteiger partial charge is 0.480 e. The van der Waals surface area contributed by atoms with Gasteiger partial charge < -0.3 is 10.1 Å². The third kappa shape index (κ3) is 2.14. The number of nitrogens with one attached hydrogen (secondary N) is 1. The van der Waals surface area contributed by atoms with Gasteiger partial charge in [-0.2, -0.15) is 0 Å². The molecule has 0 spiro atoms. The molecule has 0 aromatic heterocycles. The van der Waals surface area contributed by atoms with Crippen LogP contribution >= 0.6 is 23.2 Å². The monoisotopic (exact) mass is 279 g/mol. The molecule has 1 aliphatic heterocycles. The summed E-state index contributed by atoms with van der Waals surface area (Å²) in [4.78, 5) is 0. The van der Waals surface area contributed by atoms with Gasteiger partial charge in [0.2, 0.25) is 0 Å². The Morgan fingerprint density at radius 1 is 1.06 bits per heavy atom. The fourth-order valence-electron chi connectivity index (χ4n) is 2.02. The third-order valence-corrected chi connectivity index (χ3v) is 3.50. The maximum atomic E-state index is 6.13. The Kier molecular flexibility index (Phi) is 3.06. The molecule has 0 saturated carbocycles. The van der Waals surface area contributed by atoms with Crippen LogP contribution in [-0.4, -0.2) is 6.54 Å². The molecule has 0 fully saturated rings. The van der Waals surface area contributed by atoms with Gasteiger partial charge in [0.25, 0.3) is 0 Å². The van der Waals surface area contributed by atoms with Crippen LogP contribution in [0.25, 0.3) is 0 Å². The van der Waals surface area contributed by atoms with Crippen molar-refractivity contribution in [3.63, 3.8) is 0 Å². The summed E-state index contributed by atoms with van der Waals surface area (Å²) in [5.41, 5.74) is 2.02. The Bertz CT molecular complexity index is 569. The quantitative estimate of drug-likeness (QED) is 0.828. The minimum Gasteiger partial charge on any atom is -0.480 e. The maximum Gasteiger partial charge on any atom is 0.161 e. The fraction of sp³-hybridized carbons (Fsp3) is 0.143. The number of hydrogen-bond donors (Lipinski definition) is 1. The Hall–Kier alpha value is -1.38. The molecule has 0 amide bonds. The summed E-state index contributed by atoms with van der Waals surface area (Å²) < 4.78 is 5.95. The average molecular weight is 280 g/mol. The smallest absolute Gasteiger partial charge is 0.161 e. The van der Waals surface area contributed by atoms with E-state index in [1.54, 1.807) is 0 Å². The molecule has 1 aliphatic rings. The van der Waals surface area contributed by atoms with E-state index in [1.165, 1.54) is 0 Å². The van der Waals surface area contributed by atoms with Crippen LogP contribution in [0.15, 0.2) is 42.5 Å². The van der Waals surface area contributed by atoms with Gasteiger partial charge in [-0.3, -0.25) is 0 Å². The predicted octanol–water partition coefficient (Wildman–Crippen LogP) is 4.54. The summed E-state index contributed by atoms with van der Waals surface area (Å²) in [6.45, 7) is 0.717. The van der Waals surface area contributed by atoms with Gasteiger partial charge in [-0.1, -0.05) is 41.4 Å². The van der Waals surface area contributed by atoms with Crippen molar-refractivity contribution in [1.29, 1.82) is 0 Å². The van der Waals surface area contributed by atoms with Gasteiger partial charge in [-0.25, -0.2) is 0 Å². The minimum absolute atomic E-state index is 0.0466. The molecule has 92 valence electrons. The van der Waals surface area contributed by atoms with Crippen LogP contribution in [0.3, 0.4) is 0 Å². The Balaban J connectivity index is 1.90. The number of rotatable bonds is 1. The SMILES string of the molecule is Clc1ccc(C2CNc3cccc(Cl)c3O2)cc1. The van der Waals surface area contributed by atoms with E-state index in [-0.39, 0.29) is 6.10 Å². The van der Waals surface area contributed by atoms with Crippen molar-refractivity contribution in [3.8, 4) is 5.75 Å². The van der Waals surface area contributed by atoms with E-state index in [4.69, 9.17) is 27.9 Å². The standard InChI is InChI=1S/C14H11Cl2NO/c15-10-6-4-9(5-7-10)13-8-17-12-3-1-2-11(16)14(12)18-13/h1-7,13,17H,8H2. The molecular formula is C14H11Cl2NO. The van der Waals surface area contributed by atoms with Gasteiger partial charge in [0, 0.05) is 5.02 Å². The second-order valence-corrected chi connectivity index (χ2v) is 5.00. The van der Waals surface area contributed by atoms with Crippen LogP contribution in [0.5, 0.6) is 5.75 Å². The molecule has 0 bridgehead atoms. The van der Waals surface area contributed by atoms with E-state index in [0.717, 1.165) is 22.8 Å². The molecule has 0 radical (unpaired) electrons. The molecule has 2 aromatic rings. The molecule has 0 saturated heterocycles. The van der Waals surface area contributed by atoms with E-state index in [2.05, 4.69) is 5.32 Å². The molecule has 0 aliphatic carbocycles. The van der Waals surface area contributed by atoms with Crippen molar-refractivity contribution in [2.75, 3.05) is 11.9 Å². The zero-order valence-electron chi connectivity index (χ0n) is 9.49. The Morgan fingerprint density at radius 2 is 1.83 bits per heavy atom. The number of fused-ring (bicyclic) bond motifs is 1. The number of ether oxygens (including phenoxy) is 1. The van der Waals surface area contributed by atoms with Crippen molar-refractivity contribution in [2.24, 2.45) is 0 Å². The lowest BCUT2D eigenvalue weighted by molar-refractivity contribution is 0.210. The van der Waals surface area contributed by atoms with Crippen LogP contribution in [0.2, 0.25) is 10.0 Å². The highest BCUT2D eigenvalue weighted by Gasteiger charge is 2.22. The summed E-state index contributed by atoms with van der Waals surface area (Å²) in [7, 11) is 0. The number of hydrogen-bond acceptors (Lipinski definition) is 2. The summed E-state index contributed by atoms with van der Waals surface area (Å²) in [6.07, 6.45) is -0.0466. The molecular weight excluding hydrogens is 269 g/mol. The van der Waals surface area contributed by atoms with Crippen molar-refractivity contribution >= 4 is 28.9 Å². The molecule has 2 aromatic carbocycles. The van der Waals surface area contributed by atoms with Crippen molar-refractivity contribution in [2.45, 2.75) is 6.10 Å². The average Bonchev–Trinajstić information content (AvgIpc) is 2.40. The third-order valence-electron chi connectivity index (χ3n) is 2.95. The van der Waals surface area contributed by atoms with E-state index in [1.807, 2.05) is 42.5 Å². The number of anilines is 1.